The topological polar surface area (TPSA) is 38.7 Å². The largest absolute Gasteiger partial charge is 0.208 e. The van der Waals surface area contributed by atoms with Crippen LogP contribution in [0.3, 0.4) is 0 Å². The van der Waals surface area contributed by atoms with E-state index in [1.54, 1.807) is 0 Å². The van der Waals surface area contributed by atoms with E-state index in [4.69, 9.17) is 15.0 Å². The van der Waals surface area contributed by atoms with Crippen molar-refractivity contribution >= 4 is 31.5 Å². The molecule has 0 bridgehead atoms. The summed E-state index contributed by atoms with van der Waals surface area (Å²) in [6.07, 6.45) is 1.81. The van der Waals surface area contributed by atoms with Crippen LogP contribution >= 0.6 is 11.3 Å². The minimum absolute atomic E-state index is 0.642. The number of aryl methyl sites for hydroxylation is 3. The van der Waals surface area contributed by atoms with Crippen molar-refractivity contribution in [1.29, 1.82) is 0 Å². The smallest absolute Gasteiger partial charge is 0.164 e. The first-order valence-electron chi connectivity index (χ1n) is 24.0. The van der Waals surface area contributed by atoms with Crippen LogP contribution in [0.2, 0.25) is 0 Å². The molecule has 0 N–H and O–H groups in total. The van der Waals surface area contributed by atoms with Crippen molar-refractivity contribution in [3.05, 3.63) is 259 Å². The van der Waals surface area contributed by atoms with E-state index < -0.39 is 0 Å². The minimum atomic E-state index is 0.642. The maximum absolute atomic E-state index is 5.09. The fourth-order valence-electron chi connectivity index (χ4n) is 9.91. The van der Waals surface area contributed by atoms with Crippen LogP contribution in [0.4, 0.5) is 0 Å². The monoisotopic (exact) mass is 913 g/mol. The zero-order valence-electron chi connectivity index (χ0n) is 38.8. The molecule has 0 aliphatic heterocycles. The number of rotatable bonds is 11. The van der Waals surface area contributed by atoms with Gasteiger partial charge < -0.3 is 0 Å². The Bertz CT molecular complexity index is 3780. The summed E-state index contributed by atoms with van der Waals surface area (Å²) in [6, 6.07) is 87.0. The van der Waals surface area contributed by atoms with Crippen molar-refractivity contribution in [2.24, 2.45) is 0 Å². The zero-order chi connectivity index (χ0) is 46.8. The van der Waals surface area contributed by atoms with Crippen LogP contribution < -0.4 is 0 Å². The van der Waals surface area contributed by atoms with E-state index in [9.17, 15) is 0 Å². The molecule has 0 amide bonds. The van der Waals surface area contributed by atoms with Gasteiger partial charge in [0, 0.05) is 42.4 Å². The van der Waals surface area contributed by atoms with E-state index in [2.05, 4.69) is 213 Å². The first-order valence-corrected chi connectivity index (χ1v) is 24.8. The molecule has 4 heteroatoms. The third-order valence-electron chi connectivity index (χ3n) is 13.4. The SMILES string of the molecule is Cc1cc(-c2cccc(-c3ccccc3)c2)ccc1-c1ccccc1CCc1ccccc1-c1cc(-c2cccc(-c3nc(-c4ccccc4)nc(-c4ccccc4)n3)c2)c2sc3ccccc3c2c1. The molecule has 12 rings (SSSR count). The Balaban J connectivity index is 0.897. The van der Waals surface area contributed by atoms with E-state index in [0.717, 1.165) is 35.1 Å². The Hall–Kier alpha value is -8.57. The number of aromatic nitrogens is 3. The van der Waals surface area contributed by atoms with Gasteiger partial charge in [-0.15, -0.1) is 11.3 Å². The van der Waals surface area contributed by atoms with E-state index in [-0.39, 0.29) is 0 Å². The fraction of sp³-hybridized carbons (Fsp3) is 0.0455. The highest BCUT2D eigenvalue weighted by molar-refractivity contribution is 7.26. The number of fused-ring (bicyclic) bond motifs is 3. The van der Waals surface area contributed by atoms with Gasteiger partial charge in [-0.1, -0.05) is 212 Å². The summed E-state index contributed by atoms with van der Waals surface area (Å²) in [5, 5.41) is 2.54. The number of hydrogen-bond acceptors (Lipinski definition) is 4. The molecule has 2 heterocycles. The Morgan fingerprint density at radius 2 is 0.786 bits per heavy atom. The van der Waals surface area contributed by atoms with Gasteiger partial charge in [0.05, 0.1) is 0 Å². The van der Waals surface area contributed by atoms with Crippen LogP contribution in [0.25, 0.3) is 110 Å². The second-order valence-electron chi connectivity index (χ2n) is 17.9. The molecule has 0 radical (unpaired) electrons. The maximum atomic E-state index is 5.09. The zero-order valence-corrected chi connectivity index (χ0v) is 39.6. The Morgan fingerprint density at radius 3 is 1.46 bits per heavy atom. The molecule has 12 aromatic rings. The first kappa shape index (κ1) is 42.8. The number of thiophene rings is 1. The molecule has 0 aliphatic carbocycles. The van der Waals surface area contributed by atoms with Crippen LogP contribution in [-0.4, -0.2) is 15.0 Å². The van der Waals surface area contributed by atoms with Gasteiger partial charge in [-0.25, -0.2) is 15.0 Å². The van der Waals surface area contributed by atoms with Gasteiger partial charge in [-0.05, 0) is 117 Å². The van der Waals surface area contributed by atoms with Gasteiger partial charge in [0.25, 0.3) is 0 Å². The molecule has 0 spiro atoms. The summed E-state index contributed by atoms with van der Waals surface area (Å²) >= 11 is 1.86. The Kier molecular flexibility index (Phi) is 11.5. The van der Waals surface area contributed by atoms with E-state index in [1.165, 1.54) is 86.9 Å². The second-order valence-corrected chi connectivity index (χ2v) is 19.0. The molecule has 0 fully saturated rings. The molecular formula is C66H47N3S. The Morgan fingerprint density at radius 1 is 0.300 bits per heavy atom. The van der Waals surface area contributed by atoms with Gasteiger partial charge in [-0.3, -0.25) is 0 Å². The number of hydrogen-bond donors (Lipinski definition) is 0. The molecule has 0 aliphatic rings. The number of benzene rings is 10. The summed E-state index contributed by atoms with van der Waals surface area (Å²) in [4.78, 5) is 15.1. The average Bonchev–Trinajstić information content (AvgIpc) is 3.82. The quantitative estimate of drug-likeness (QED) is 0.130. The van der Waals surface area contributed by atoms with E-state index in [0.29, 0.717) is 17.5 Å². The third-order valence-corrected chi connectivity index (χ3v) is 14.7. The fourth-order valence-corrected chi connectivity index (χ4v) is 11.1. The first-order chi connectivity index (χ1) is 34.6. The van der Waals surface area contributed by atoms with Crippen LogP contribution in [-0.2, 0) is 12.8 Å². The molecule has 2 aromatic heterocycles. The molecule has 10 aromatic carbocycles. The molecule has 0 saturated heterocycles. The van der Waals surface area contributed by atoms with Crippen molar-refractivity contribution in [2.45, 2.75) is 19.8 Å². The summed E-state index contributed by atoms with van der Waals surface area (Å²) in [7, 11) is 0. The second kappa shape index (κ2) is 18.8. The minimum Gasteiger partial charge on any atom is -0.208 e. The predicted molar refractivity (Wildman–Crippen MR) is 295 cm³/mol. The van der Waals surface area contributed by atoms with Crippen LogP contribution in [0.1, 0.15) is 16.7 Å². The highest BCUT2D eigenvalue weighted by atomic mass is 32.1. The molecule has 0 atom stereocenters. The molecular weight excluding hydrogens is 867 g/mol. The van der Waals surface area contributed by atoms with E-state index >= 15 is 0 Å². The van der Waals surface area contributed by atoms with Gasteiger partial charge in [0.1, 0.15) is 0 Å². The molecule has 332 valence electrons. The molecule has 0 unspecified atom stereocenters. The highest BCUT2D eigenvalue weighted by Crippen LogP contribution is 2.44. The lowest BCUT2D eigenvalue weighted by Gasteiger charge is -2.16. The van der Waals surface area contributed by atoms with Crippen LogP contribution in [0.5, 0.6) is 0 Å². The standard InChI is InChI=1S/C66H47N3S/c1-44-39-52(51-28-17-27-50(40-51)45-19-5-2-6-20-45)37-38-56(44)58-32-14-12-22-47(58)36-35-46-21-11-13-31-57(46)55-42-60(63-61(43-55)59-33-15-16-34-62(59)70-63)53-29-18-30-54(41-53)66-68-64(48-23-7-3-8-24-48)67-65(69-66)49-25-9-4-10-26-49/h2-34,37-43H,35-36H2,1H3. The van der Waals surface area contributed by atoms with Gasteiger partial charge in [0.15, 0.2) is 17.5 Å². The molecule has 70 heavy (non-hydrogen) atoms. The van der Waals surface area contributed by atoms with Crippen molar-refractivity contribution in [3.63, 3.8) is 0 Å². The number of nitrogens with zero attached hydrogens (tertiary/aromatic N) is 3. The van der Waals surface area contributed by atoms with Gasteiger partial charge >= 0.3 is 0 Å². The summed E-state index contributed by atoms with van der Waals surface area (Å²) < 4.78 is 2.54. The Labute approximate surface area is 413 Å². The van der Waals surface area contributed by atoms with E-state index in [1.807, 2.05) is 47.7 Å². The van der Waals surface area contributed by atoms with Gasteiger partial charge in [-0.2, -0.15) is 0 Å². The lowest BCUT2D eigenvalue weighted by molar-refractivity contribution is 0.964. The average molecular weight is 914 g/mol. The van der Waals surface area contributed by atoms with Crippen molar-refractivity contribution < 1.29 is 0 Å². The van der Waals surface area contributed by atoms with Gasteiger partial charge in [0.2, 0.25) is 0 Å². The predicted octanol–water partition coefficient (Wildman–Crippen LogP) is 17.7. The van der Waals surface area contributed by atoms with Crippen molar-refractivity contribution in [3.8, 4) is 89.8 Å². The van der Waals surface area contributed by atoms with Crippen molar-refractivity contribution in [1.82, 2.24) is 15.0 Å². The molecule has 3 nitrogen and oxygen atoms in total. The summed E-state index contributed by atoms with van der Waals surface area (Å²) in [5.41, 5.74) is 19.0. The third kappa shape index (κ3) is 8.51. The van der Waals surface area contributed by atoms with Crippen molar-refractivity contribution in [2.75, 3.05) is 0 Å². The lowest BCUT2D eigenvalue weighted by Crippen LogP contribution is -2.00. The highest BCUT2D eigenvalue weighted by Gasteiger charge is 2.18. The van der Waals surface area contributed by atoms with Crippen LogP contribution in [0.15, 0.2) is 243 Å². The normalized spacial score (nSPS) is 11.3. The summed E-state index contributed by atoms with van der Waals surface area (Å²) in [5.74, 6) is 1.94. The summed E-state index contributed by atoms with van der Waals surface area (Å²) in [6.45, 7) is 2.25. The lowest BCUT2D eigenvalue weighted by atomic mass is 9.88. The maximum Gasteiger partial charge on any atom is 0.164 e. The molecule has 0 saturated carbocycles. The van der Waals surface area contributed by atoms with Crippen LogP contribution in [0, 0.1) is 6.92 Å².